The summed E-state index contributed by atoms with van der Waals surface area (Å²) in [4.78, 5) is 2.36. The van der Waals surface area contributed by atoms with Crippen LogP contribution in [0.1, 0.15) is 48.5 Å². The summed E-state index contributed by atoms with van der Waals surface area (Å²) in [5, 5.41) is 13.0. The van der Waals surface area contributed by atoms with E-state index in [4.69, 9.17) is 9.26 Å². The zero-order valence-electron chi connectivity index (χ0n) is 14.4. The molecule has 3 heterocycles. The fourth-order valence-corrected chi connectivity index (χ4v) is 3.50. The normalized spacial score (nSPS) is 21.2. The predicted octanol–water partition coefficient (Wildman–Crippen LogP) is 2.12. The van der Waals surface area contributed by atoms with Gasteiger partial charge in [0.1, 0.15) is 11.5 Å². The molecule has 1 aliphatic carbocycles. The van der Waals surface area contributed by atoms with Crippen molar-refractivity contribution in [2.75, 3.05) is 19.8 Å². The van der Waals surface area contributed by atoms with Crippen LogP contribution < -0.4 is 0 Å². The topological polar surface area (TPSA) is 69.2 Å². The maximum Gasteiger partial charge on any atom is 0.133 e. The summed E-state index contributed by atoms with van der Waals surface area (Å²) < 4.78 is 13.1. The van der Waals surface area contributed by atoms with E-state index in [9.17, 15) is 0 Å². The molecule has 24 heavy (non-hydrogen) atoms. The highest BCUT2D eigenvalue weighted by Gasteiger charge is 2.33. The molecule has 0 radical (unpaired) electrons. The molecule has 7 heteroatoms. The monoisotopic (exact) mass is 331 g/mol. The highest BCUT2D eigenvalue weighted by molar-refractivity contribution is 5.20. The Morgan fingerprint density at radius 2 is 2.25 bits per heavy atom. The maximum absolute atomic E-state index is 5.75. The zero-order valence-corrected chi connectivity index (χ0v) is 14.4. The van der Waals surface area contributed by atoms with Gasteiger partial charge in [0.2, 0.25) is 0 Å². The largest absolute Gasteiger partial charge is 0.381 e. The van der Waals surface area contributed by atoms with Gasteiger partial charge in [-0.25, -0.2) is 4.68 Å². The molecule has 7 nitrogen and oxygen atoms in total. The van der Waals surface area contributed by atoms with Crippen LogP contribution in [-0.4, -0.2) is 44.8 Å². The van der Waals surface area contributed by atoms with Gasteiger partial charge in [-0.05, 0) is 32.6 Å². The summed E-state index contributed by atoms with van der Waals surface area (Å²) in [6.07, 6.45) is 2.64. The highest BCUT2D eigenvalue weighted by atomic mass is 16.5. The van der Waals surface area contributed by atoms with Gasteiger partial charge in [-0.1, -0.05) is 10.4 Å². The first-order chi connectivity index (χ1) is 11.7. The Balaban J connectivity index is 1.53. The molecule has 0 spiro atoms. The second-order valence-electron chi connectivity index (χ2n) is 7.00. The van der Waals surface area contributed by atoms with E-state index >= 15 is 0 Å². The molecule has 2 aromatic heterocycles. The van der Waals surface area contributed by atoms with Gasteiger partial charge in [0.25, 0.3) is 0 Å². The van der Waals surface area contributed by atoms with E-state index in [0.29, 0.717) is 5.92 Å². The van der Waals surface area contributed by atoms with E-state index in [0.717, 1.165) is 62.5 Å². The Labute approximate surface area is 141 Å². The predicted molar refractivity (Wildman–Crippen MR) is 87.3 cm³/mol. The number of ether oxygens (including phenoxy) is 1. The molecular formula is C17H25N5O2. The second kappa shape index (κ2) is 6.64. The summed E-state index contributed by atoms with van der Waals surface area (Å²) in [6, 6.07) is 2.00. The fraction of sp³-hybridized carbons (Fsp3) is 0.706. The van der Waals surface area contributed by atoms with Crippen LogP contribution in [-0.2, 0) is 24.4 Å². The third-order valence-electron chi connectivity index (χ3n) is 4.80. The van der Waals surface area contributed by atoms with Crippen LogP contribution in [0.5, 0.6) is 0 Å². The molecule has 1 aliphatic heterocycles. The van der Waals surface area contributed by atoms with Crippen LogP contribution in [0.2, 0.25) is 0 Å². The first-order valence-corrected chi connectivity index (χ1v) is 8.87. The second-order valence-corrected chi connectivity index (χ2v) is 7.00. The Hall–Kier alpha value is -1.73. The molecule has 0 N–H and O–H groups in total. The van der Waals surface area contributed by atoms with Crippen LogP contribution in [0, 0.1) is 12.8 Å². The van der Waals surface area contributed by atoms with Gasteiger partial charge in [0, 0.05) is 44.8 Å². The molecule has 0 bridgehead atoms. The lowest BCUT2D eigenvalue weighted by Crippen LogP contribution is -2.36. The summed E-state index contributed by atoms with van der Waals surface area (Å²) in [5.74, 6) is 1.96. The number of nitrogens with zero attached hydrogens (tertiary/aromatic N) is 5. The summed E-state index contributed by atoms with van der Waals surface area (Å²) >= 11 is 0. The molecule has 2 aliphatic rings. The van der Waals surface area contributed by atoms with Crippen molar-refractivity contribution in [2.24, 2.45) is 5.92 Å². The standard InChI is InChI=1S/C17H25N5O2/c1-3-23-11-14-8-21(9-15-6-12(2)24-19-15)10-16-17(14)22(20-18-16)7-13-4-5-13/h6,13-14H,3-5,7-11H2,1-2H3/t14-/m0/s1. The van der Waals surface area contributed by atoms with Crippen molar-refractivity contribution in [1.82, 2.24) is 25.1 Å². The molecule has 1 saturated carbocycles. The van der Waals surface area contributed by atoms with E-state index < -0.39 is 0 Å². The lowest BCUT2D eigenvalue weighted by atomic mass is 9.98. The first kappa shape index (κ1) is 15.8. The van der Waals surface area contributed by atoms with Crippen LogP contribution in [0.25, 0.3) is 0 Å². The summed E-state index contributed by atoms with van der Waals surface area (Å²) in [5.41, 5.74) is 3.34. The third kappa shape index (κ3) is 3.37. The van der Waals surface area contributed by atoms with Crippen LogP contribution >= 0.6 is 0 Å². The Morgan fingerprint density at radius 1 is 1.38 bits per heavy atom. The molecule has 2 aromatic rings. The van der Waals surface area contributed by atoms with E-state index in [2.05, 4.69) is 25.1 Å². The minimum atomic E-state index is 0.315. The fourth-order valence-electron chi connectivity index (χ4n) is 3.50. The average molecular weight is 331 g/mol. The van der Waals surface area contributed by atoms with E-state index in [1.54, 1.807) is 0 Å². The maximum atomic E-state index is 5.75. The van der Waals surface area contributed by atoms with Crippen LogP contribution in [0.15, 0.2) is 10.6 Å². The zero-order chi connectivity index (χ0) is 16.5. The van der Waals surface area contributed by atoms with Crippen LogP contribution in [0.3, 0.4) is 0 Å². The van der Waals surface area contributed by atoms with Crippen molar-refractivity contribution in [1.29, 1.82) is 0 Å². The average Bonchev–Trinajstić information content (AvgIpc) is 3.16. The highest BCUT2D eigenvalue weighted by Crippen LogP contribution is 2.34. The summed E-state index contributed by atoms with van der Waals surface area (Å²) in [6.45, 7) is 8.95. The molecule has 0 saturated heterocycles. The first-order valence-electron chi connectivity index (χ1n) is 8.87. The van der Waals surface area contributed by atoms with Gasteiger partial charge < -0.3 is 9.26 Å². The SMILES string of the molecule is CCOC[C@@H]1CN(Cc2cc(C)on2)Cc2nnn(CC3CC3)c21. The Kier molecular flexibility index (Phi) is 4.37. The van der Waals surface area contributed by atoms with Crippen molar-refractivity contribution < 1.29 is 9.26 Å². The molecule has 4 rings (SSSR count). The number of rotatable bonds is 7. The van der Waals surface area contributed by atoms with Gasteiger partial charge in [-0.15, -0.1) is 5.10 Å². The number of hydrogen-bond donors (Lipinski definition) is 0. The smallest absolute Gasteiger partial charge is 0.133 e. The molecular weight excluding hydrogens is 306 g/mol. The van der Waals surface area contributed by atoms with Gasteiger partial charge >= 0.3 is 0 Å². The summed E-state index contributed by atoms with van der Waals surface area (Å²) in [7, 11) is 0. The molecule has 1 atom stereocenters. The number of aryl methyl sites for hydroxylation is 1. The minimum absolute atomic E-state index is 0.315. The van der Waals surface area contributed by atoms with Crippen LogP contribution in [0.4, 0.5) is 0 Å². The van der Waals surface area contributed by atoms with E-state index in [1.165, 1.54) is 18.5 Å². The molecule has 130 valence electrons. The molecule has 1 fully saturated rings. The molecule has 0 amide bonds. The van der Waals surface area contributed by atoms with E-state index in [1.807, 2.05) is 19.9 Å². The Morgan fingerprint density at radius 3 is 2.96 bits per heavy atom. The number of fused-ring (bicyclic) bond motifs is 1. The van der Waals surface area contributed by atoms with Gasteiger partial charge in [-0.3, -0.25) is 4.90 Å². The van der Waals surface area contributed by atoms with E-state index in [-0.39, 0.29) is 0 Å². The van der Waals surface area contributed by atoms with Crippen molar-refractivity contribution in [3.63, 3.8) is 0 Å². The lowest BCUT2D eigenvalue weighted by Gasteiger charge is -2.31. The van der Waals surface area contributed by atoms with Crippen molar-refractivity contribution >= 4 is 0 Å². The van der Waals surface area contributed by atoms with Gasteiger partial charge in [0.15, 0.2) is 0 Å². The minimum Gasteiger partial charge on any atom is -0.381 e. The number of hydrogen-bond acceptors (Lipinski definition) is 6. The molecule has 0 aromatic carbocycles. The quantitative estimate of drug-likeness (QED) is 0.774. The van der Waals surface area contributed by atoms with Gasteiger partial charge in [-0.2, -0.15) is 0 Å². The lowest BCUT2D eigenvalue weighted by molar-refractivity contribution is 0.101. The third-order valence-corrected chi connectivity index (χ3v) is 4.80. The van der Waals surface area contributed by atoms with Crippen molar-refractivity contribution in [3.05, 3.63) is 28.9 Å². The molecule has 0 unspecified atom stereocenters. The number of aromatic nitrogens is 4. The Bertz CT molecular complexity index is 691. The van der Waals surface area contributed by atoms with Crippen molar-refractivity contribution in [3.8, 4) is 0 Å². The van der Waals surface area contributed by atoms with Crippen molar-refractivity contribution in [2.45, 2.75) is 52.2 Å². The van der Waals surface area contributed by atoms with Gasteiger partial charge in [0.05, 0.1) is 18.0 Å².